The minimum atomic E-state index is -0.235. The van der Waals surface area contributed by atoms with Crippen LogP contribution in [0.1, 0.15) is 24.1 Å². The van der Waals surface area contributed by atoms with Gasteiger partial charge in [-0.2, -0.15) is 0 Å². The Morgan fingerprint density at radius 1 is 1.24 bits per heavy atom. The second kappa shape index (κ2) is 8.65. The monoisotopic (exact) mass is 361 g/mol. The second-order valence-corrected chi connectivity index (χ2v) is 7.84. The number of piperazine rings is 1. The molecule has 1 aliphatic heterocycles. The lowest BCUT2D eigenvalue weighted by Gasteiger charge is -2.34. The molecular formula is C19H27N3O2S. The average Bonchev–Trinajstić information content (AvgIpc) is 3.01. The first kappa shape index (κ1) is 18.2. The molecule has 0 saturated carbocycles. The zero-order chi connectivity index (χ0) is 17.6. The number of nitrogens with zero attached hydrogens (tertiary/aromatic N) is 2. The van der Waals surface area contributed by atoms with E-state index < -0.39 is 0 Å². The minimum Gasteiger partial charge on any atom is -0.376 e. The Kier molecular flexibility index (Phi) is 6.29. The quantitative estimate of drug-likeness (QED) is 0.735. The normalized spacial score (nSPS) is 15.8. The molecule has 0 unspecified atom stereocenters. The fourth-order valence-electron chi connectivity index (χ4n) is 3.17. The maximum Gasteiger partial charge on any atom is 0.217 e. The number of ether oxygens (including phenoxy) is 1. The van der Waals surface area contributed by atoms with E-state index >= 15 is 0 Å². The van der Waals surface area contributed by atoms with Crippen molar-refractivity contribution in [2.24, 2.45) is 5.73 Å². The van der Waals surface area contributed by atoms with Crippen LogP contribution in [0, 0.1) is 0 Å². The molecule has 0 radical (unpaired) electrons. The van der Waals surface area contributed by atoms with Gasteiger partial charge in [-0.05, 0) is 38.1 Å². The number of amides is 1. The highest BCUT2D eigenvalue weighted by Crippen LogP contribution is 2.34. The Bertz CT molecular complexity index is 708. The molecular weight excluding hydrogens is 334 g/mol. The zero-order valence-electron chi connectivity index (χ0n) is 14.9. The van der Waals surface area contributed by atoms with Gasteiger partial charge in [-0.15, -0.1) is 11.3 Å². The van der Waals surface area contributed by atoms with Crippen LogP contribution in [0.2, 0.25) is 0 Å². The third-order valence-electron chi connectivity index (χ3n) is 4.64. The van der Waals surface area contributed by atoms with Crippen molar-refractivity contribution in [2.45, 2.75) is 25.9 Å². The summed E-state index contributed by atoms with van der Waals surface area (Å²) in [5.41, 5.74) is 6.48. The van der Waals surface area contributed by atoms with Gasteiger partial charge in [-0.3, -0.25) is 4.79 Å². The molecule has 1 aliphatic rings. The molecule has 0 spiro atoms. The highest BCUT2D eigenvalue weighted by molar-refractivity contribution is 7.19. The summed E-state index contributed by atoms with van der Waals surface area (Å²) in [5, 5.41) is 1.34. The van der Waals surface area contributed by atoms with Crippen molar-refractivity contribution in [3.05, 3.63) is 29.1 Å². The first-order valence-electron chi connectivity index (χ1n) is 8.94. The number of likely N-dealkylation sites (N-methyl/N-ethyl adjacent to an activating group) is 1. The van der Waals surface area contributed by atoms with Gasteiger partial charge in [-0.1, -0.05) is 6.07 Å². The molecule has 1 aromatic heterocycles. The van der Waals surface area contributed by atoms with E-state index in [1.54, 1.807) is 0 Å². The van der Waals surface area contributed by atoms with E-state index in [2.05, 4.69) is 41.1 Å². The molecule has 0 aliphatic carbocycles. The first-order valence-corrected chi connectivity index (χ1v) is 9.76. The van der Waals surface area contributed by atoms with Gasteiger partial charge in [0.05, 0.1) is 6.61 Å². The van der Waals surface area contributed by atoms with Crippen LogP contribution in [-0.4, -0.2) is 50.6 Å². The molecule has 1 amide bonds. The summed E-state index contributed by atoms with van der Waals surface area (Å²) in [4.78, 5) is 16.8. The predicted octanol–water partition coefficient (Wildman–Crippen LogP) is 2.83. The molecule has 2 N–H and O–H groups in total. The summed E-state index contributed by atoms with van der Waals surface area (Å²) in [6, 6.07) is 8.85. The van der Waals surface area contributed by atoms with Gasteiger partial charge in [-0.25, -0.2) is 0 Å². The zero-order valence-corrected chi connectivity index (χ0v) is 15.7. The first-order chi connectivity index (χ1) is 12.1. The van der Waals surface area contributed by atoms with Crippen molar-refractivity contribution < 1.29 is 9.53 Å². The maximum atomic E-state index is 10.7. The summed E-state index contributed by atoms with van der Waals surface area (Å²) in [6.45, 7) is 5.70. The van der Waals surface area contributed by atoms with Crippen LogP contribution >= 0.6 is 11.3 Å². The molecule has 2 aromatic rings. The van der Waals surface area contributed by atoms with E-state index in [0.29, 0.717) is 19.6 Å². The highest BCUT2D eigenvalue weighted by Gasteiger charge is 2.17. The minimum absolute atomic E-state index is 0.235. The van der Waals surface area contributed by atoms with E-state index in [1.807, 2.05) is 11.3 Å². The van der Waals surface area contributed by atoms with Gasteiger partial charge >= 0.3 is 0 Å². The summed E-state index contributed by atoms with van der Waals surface area (Å²) < 4.78 is 7.09. The largest absolute Gasteiger partial charge is 0.376 e. The Balaban J connectivity index is 1.58. The standard InChI is InChI=1S/C19H27N3O2S/c1-21-8-10-22(11-9-21)17-5-4-6-18-16(17)13-15(25-18)14-24-12-3-2-7-19(20)23/h4-6,13H,2-3,7-12,14H2,1H3,(H2,20,23). The molecule has 1 saturated heterocycles. The predicted molar refractivity (Wildman–Crippen MR) is 104 cm³/mol. The third-order valence-corrected chi connectivity index (χ3v) is 5.71. The summed E-state index contributed by atoms with van der Waals surface area (Å²) >= 11 is 1.81. The van der Waals surface area contributed by atoms with Crippen LogP contribution in [0.3, 0.4) is 0 Å². The maximum absolute atomic E-state index is 10.7. The van der Waals surface area contributed by atoms with Gasteiger partial charge in [0, 0.05) is 59.9 Å². The van der Waals surface area contributed by atoms with Crippen LogP contribution in [0.5, 0.6) is 0 Å². The van der Waals surface area contributed by atoms with E-state index in [-0.39, 0.29) is 5.91 Å². The molecule has 3 rings (SSSR count). The second-order valence-electron chi connectivity index (χ2n) is 6.67. The third kappa shape index (κ3) is 4.93. The molecule has 136 valence electrons. The molecule has 1 fully saturated rings. The van der Waals surface area contributed by atoms with Crippen LogP contribution in [0.15, 0.2) is 24.3 Å². The van der Waals surface area contributed by atoms with Crippen molar-refractivity contribution in [3.63, 3.8) is 0 Å². The van der Waals surface area contributed by atoms with Crippen LogP contribution in [0.4, 0.5) is 5.69 Å². The van der Waals surface area contributed by atoms with Crippen LogP contribution in [-0.2, 0) is 16.1 Å². The Labute approximate surface area is 153 Å². The lowest BCUT2D eigenvalue weighted by atomic mass is 10.1. The summed E-state index contributed by atoms with van der Waals surface area (Å²) in [7, 11) is 2.18. The number of unbranched alkanes of at least 4 members (excludes halogenated alkanes) is 1. The smallest absolute Gasteiger partial charge is 0.217 e. The number of hydrogen-bond donors (Lipinski definition) is 1. The topological polar surface area (TPSA) is 58.8 Å². The number of benzene rings is 1. The average molecular weight is 362 g/mol. The van der Waals surface area contributed by atoms with Crippen molar-refractivity contribution in [1.29, 1.82) is 0 Å². The Morgan fingerprint density at radius 3 is 2.80 bits per heavy atom. The van der Waals surface area contributed by atoms with Gasteiger partial charge in [0.25, 0.3) is 0 Å². The number of anilines is 1. The number of carbonyl (C=O) groups excluding carboxylic acids is 1. The fourth-order valence-corrected chi connectivity index (χ4v) is 4.19. The van der Waals surface area contributed by atoms with E-state index in [9.17, 15) is 4.79 Å². The molecule has 6 heteroatoms. The van der Waals surface area contributed by atoms with Gasteiger partial charge in [0.2, 0.25) is 5.91 Å². The van der Waals surface area contributed by atoms with Gasteiger partial charge in [0.1, 0.15) is 0 Å². The molecule has 2 heterocycles. The lowest BCUT2D eigenvalue weighted by Crippen LogP contribution is -2.44. The van der Waals surface area contributed by atoms with Crippen molar-refractivity contribution in [1.82, 2.24) is 4.90 Å². The molecule has 0 atom stereocenters. The van der Waals surface area contributed by atoms with Crippen molar-refractivity contribution in [2.75, 3.05) is 44.7 Å². The van der Waals surface area contributed by atoms with E-state index in [4.69, 9.17) is 10.5 Å². The fraction of sp³-hybridized carbons (Fsp3) is 0.526. The Hall–Kier alpha value is -1.63. The lowest BCUT2D eigenvalue weighted by molar-refractivity contribution is -0.118. The van der Waals surface area contributed by atoms with Gasteiger partial charge < -0.3 is 20.3 Å². The van der Waals surface area contributed by atoms with Crippen LogP contribution in [0.25, 0.3) is 10.1 Å². The van der Waals surface area contributed by atoms with Crippen molar-refractivity contribution in [3.8, 4) is 0 Å². The number of thiophene rings is 1. The van der Waals surface area contributed by atoms with Crippen molar-refractivity contribution >= 4 is 33.0 Å². The number of rotatable bonds is 8. The molecule has 25 heavy (non-hydrogen) atoms. The Morgan fingerprint density at radius 2 is 2.04 bits per heavy atom. The number of carbonyl (C=O) groups is 1. The van der Waals surface area contributed by atoms with Gasteiger partial charge in [0.15, 0.2) is 0 Å². The number of hydrogen-bond acceptors (Lipinski definition) is 5. The number of nitrogens with two attached hydrogens (primary N) is 1. The summed E-state index contributed by atoms with van der Waals surface area (Å²) in [6.07, 6.45) is 2.12. The molecule has 0 bridgehead atoms. The number of primary amides is 1. The SMILES string of the molecule is CN1CCN(c2cccc3sc(COCCCCC(N)=O)cc23)CC1. The number of fused-ring (bicyclic) bond motifs is 1. The van der Waals surface area contributed by atoms with E-state index in [1.165, 1.54) is 20.7 Å². The molecule has 1 aromatic carbocycles. The highest BCUT2D eigenvalue weighted by atomic mass is 32.1. The van der Waals surface area contributed by atoms with E-state index in [0.717, 1.165) is 39.0 Å². The molecule has 5 nitrogen and oxygen atoms in total. The van der Waals surface area contributed by atoms with Crippen LogP contribution < -0.4 is 10.6 Å². The summed E-state index contributed by atoms with van der Waals surface area (Å²) in [5.74, 6) is -0.235.